The number of aromatic nitrogens is 4. The number of pyridine rings is 1. The van der Waals surface area contributed by atoms with Crippen LogP contribution in [0, 0.1) is 0 Å². The molecule has 5 rings (SSSR count). The largest absolute Gasteiger partial charge is 0.377 e. The fraction of sp³-hybridized carbons (Fsp3) is 0.350. The molecule has 5 heterocycles. The van der Waals surface area contributed by atoms with E-state index in [1.807, 2.05) is 23.7 Å². The number of rotatable bonds is 5. The molecule has 9 nitrogen and oxygen atoms in total. The van der Waals surface area contributed by atoms with Crippen LogP contribution in [-0.2, 0) is 22.5 Å². The van der Waals surface area contributed by atoms with E-state index in [9.17, 15) is 8.76 Å². The molecule has 0 bridgehead atoms. The zero-order valence-corrected chi connectivity index (χ0v) is 18.7. The highest BCUT2D eigenvalue weighted by Crippen LogP contribution is 2.37. The van der Waals surface area contributed by atoms with Crippen LogP contribution < -0.4 is 4.90 Å². The molecule has 11 heteroatoms. The molecule has 0 aliphatic carbocycles. The highest BCUT2D eigenvalue weighted by Gasteiger charge is 2.26. The molecule has 0 saturated carbocycles. The average molecular weight is 459 g/mol. The molecular formula is C20H22N6O3S2. The minimum Gasteiger partial charge on any atom is -0.377 e. The zero-order chi connectivity index (χ0) is 21.5. The van der Waals surface area contributed by atoms with Crippen molar-refractivity contribution < 1.29 is 13.5 Å². The summed E-state index contributed by atoms with van der Waals surface area (Å²) in [4.78, 5) is 19.7. The van der Waals surface area contributed by atoms with Gasteiger partial charge in [-0.25, -0.2) is 19.2 Å². The van der Waals surface area contributed by atoms with Crippen LogP contribution in [0.1, 0.15) is 12.5 Å². The third-order valence-electron chi connectivity index (χ3n) is 5.47. The average Bonchev–Trinajstić information content (AvgIpc) is 3.40. The summed E-state index contributed by atoms with van der Waals surface area (Å²) in [5, 5.41) is 2.95. The molecule has 1 saturated heterocycles. The maximum absolute atomic E-state index is 11.5. The number of anilines is 1. The van der Waals surface area contributed by atoms with Gasteiger partial charge in [0.15, 0.2) is 11.6 Å². The standard InChI is InChI=1S/C20H22N6O3S2/c1-12-10-29-8-7-26(12)20-17-16(13(11-30-17)9-25(2)31(27)28)23-19(24-20)15-4-6-22-18-14(15)3-5-21-18/h3-6,11-12H,7-10H2,1-2H3,(H,21,22)(H,27,28)/t12-/m1/s1. The number of ether oxygens (including phenoxy) is 1. The summed E-state index contributed by atoms with van der Waals surface area (Å²) >= 11 is -0.487. The molecule has 2 N–H and O–H groups in total. The van der Waals surface area contributed by atoms with Crippen molar-refractivity contribution >= 4 is 49.7 Å². The molecule has 2 atom stereocenters. The first-order valence-electron chi connectivity index (χ1n) is 9.90. The van der Waals surface area contributed by atoms with Gasteiger partial charge in [-0.1, -0.05) is 0 Å². The van der Waals surface area contributed by atoms with Gasteiger partial charge in [0, 0.05) is 49.0 Å². The molecule has 0 radical (unpaired) electrons. The van der Waals surface area contributed by atoms with Crippen molar-refractivity contribution in [3.05, 3.63) is 35.5 Å². The van der Waals surface area contributed by atoms with E-state index in [4.69, 9.17) is 14.7 Å². The fourth-order valence-electron chi connectivity index (χ4n) is 3.87. The summed E-state index contributed by atoms with van der Waals surface area (Å²) in [6, 6.07) is 4.08. The highest BCUT2D eigenvalue weighted by molar-refractivity contribution is 7.76. The maximum Gasteiger partial charge on any atom is 0.234 e. The van der Waals surface area contributed by atoms with Gasteiger partial charge in [-0.15, -0.1) is 11.3 Å². The van der Waals surface area contributed by atoms with Gasteiger partial charge in [-0.2, -0.15) is 4.31 Å². The van der Waals surface area contributed by atoms with E-state index < -0.39 is 11.3 Å². The van der Waals surface area contributed by atoms with Crippen LogP contribution in [0.2, 0.25) is 0 Å². The summed E-state index contributed by atoms with van der Waals surface area (Å²) in [6.07, 6.45) is 3.60. The summed E-state index contributed by atoms with van der Waals surface area (Å²) in [5.74, 6) is 1.49. The second kappa shape index (κ2) is 8.24. The number of H-pyrrole nitrogens is 1. The second-order valence-electron chi connectivity index (χ2n) is 7.54. The normalized spacial score (nSPS) is 18.3. The Morgan fingerprint density at radius 3 is 3.10 bits per heavy atom. The van der Waals surface area contributed by atoms with Crippen molar-refractivity contribution in [2.24, 2.45) is 0 Å². The molecule has 4 aromatic rings. The van der Waals surface area contributed by atoms with Gasteiger partial charge in [0.25, 0.3) is 0 Å². The molecule has 1 aliphatic rings. The Bertz CT molecular complexity index is 1270. The Morgan fingerprint density at radius 2 is 2.29 bits per heavy atom. The quantitative estimate of drug-likeness (QED) is 0.443. The van der Waals surface area contributed by atoms with Gasteiger partial charge in [-0.05, 0) is 24.4 Å². The predicted molar refractivity (Wildman–Crippen MR) is 122 cm³/mol. The molecule has 31 heavy (non-hydrogen) atoms. The Hall–Kier alpha value is -2.44. The topological polar surface area (TPSA) is 107 Å². The van der Waals surface area contributed by atoms with Crippen molar-refractivity contribution in [2.75, 3.05) is 31.7 Å². The number of aromatic amines is 1. The van der Waals surface area contributed by atoms with Crippen molar-refractivity contribution in [1.82, 2.24) is 24.2 Å². The predicted octanol–water partition coefficient (Wildman–Crippen LogP) is 3.03. The Balaban J connectivity index is 1.72. The molecule has 0 spiro atoms. The van der Waals surface area contributed by atoms with Gasteiger partial charge < -0.3 is 14.6 Å². The van der Waals surface area contributed by atoms with Crippen LogP contribution in [0.4, 0.5) is 5.82 Å². The van der Waals surface area contributed by atoms with Crippen LogP contribution in [0.15, 0.2) is 29.9 Å². The van der Waals surface area contributed by atoms with Crippen molar-refractivity contribution in [3.8, 4) is 11.4 Å². The van der Waals surface area contributed by atoms with E-state index in [2.05, 4.69) is 21.8 Å². The van der Waals surface area contributed by atoms with Gasteiger partial charge in [0.1, 0.15) is 5.65 Å². The first-order chi connectivity index (χ1) is 15.0. The SMILES string of the molecule is C[C@@H]1COCCN1c1nc(-c2ccnc3[nH]ccc23)nc2c(CN(C)S(=O)O)csc12. The number of fused-ring (bicyclic) bond motifs is 2. The summed E-state index contributed by atoms with van der Waals surface area (Å²) < 4.78 is 28.9. The Labute approximate surface area is 185 Å². The number of hydrogen-bond donors (Lipinski definition) is 2. The lowest BCUT2D eigenvalue weighted by Gasteiger charge is -2.34. The number of nitrogens with zero attached hydrogens (tertiary/aromatic N) is 5. The molecule has 1 unspecified atom stereocenters. The number of nitrogens with one attached hydrogen (secondary N) is 1. The Morgan fingerprint density at radius 1 is 1.42 bits per heavy atom. The van der Waals surface area contributed by atoms with E-state index in [1.165, 1.54) is 4.31 Å². The van der Waals surface area contributed by atoms with Crippen molar-refractivity contribution in [3.63, 3.8) is 0 Å². The van der Waals surface area contributed by atoms with Crippen LogP contribution in [0.5, 0.6) is 0 Å². The van der Waals surface area contributed by atoms with Gasteiger partial charge >= 0.3 is 0 Å². The molecule has 162 valence electrons. The second-order valence-corrected chi connectivity index (χ2v) is 9.51. The minimum atomic E-state index is -2.05. The van der Waals surface area contributed by atoms with Crippen molar-refractivity contribution in [2.45, 2.75) is 19.5 Å². The van der Waals surface area contributed by atoms with E-state index in [0.717, 1.165) is 44.7 Å². The maximum atomic E-state index is 11.5. The number of morpholine rings is 1. The van der Waals surface area contributed by atoms with Crippen LogP contribution >= 0.6 is 11.3 Å². The lowest BCUT2D eigenvalue weighted by molar-refractivity contribution is 0.0987. The Kier molecular flexibility index (Phi) is 5.44. The van der Waals surface area contributed by atoms with E-state index in [1.54, 1.807) is 24.6 Å². The third-order valence-corrected chi connectivity index (χ3v) is 7.15. The lowest BCUT2D eigenvalue weighted by atomic mass is 10.1. The zero-order valence-electron chi connectivity index (χ0n) is 17.1. The monoisotopic (exact) mass is 458 g/mol. The smallest absolute Gasteiger partial charge is 0.234 e. The van der Waals surface area contributed by atoms with Crippen LogP contribution in [0.25, 0.3) is 32.6 Å². The van der Waals surface area contributed by atoms with Gasteiger partial charge in [0.2, 0.25) is 11.3 Å². The third kappa shape index (κ3) is 3.72. The van der Waals surface area contributed by atoms with Crippen LogP contribution in [0.3, 0.4) is 0 Å². The molecule has 0 aromatic carbocycles. The minimum absolute atomic E-state index is 0.183. The van der Waals surface area contributed by atoms with E-state index in [-0.39, 0.29) is 6.04 Å². The lowest BCUT2D eigenvalue weighted by Crippen LogP contribution is -2.44. The first kappa shape index (κ1) is 20.5. The molecular weight excluding hydrogens is 436 g/mol. The number of thiophene rings is 1. The summed E-state index contributed by atoms with van der Waals surface area (Å²) in [7, 11) is 1.61. The van der Waals surface area contributed by atoms with Crippen molar-refractivity contribution in [1.29, 1.82) is 0 Å². The fourth-order valence-corrected chi connectivity index (χ4v) is 5.12. The molecule has 0 amide bonds. The number of hydrogen-bond acceptors (Lipinski definition) is 7. The van der Waals surface area contributed by atoms with E-state index >= 15 is 0 Å². The van der Waals surface area contributed by atoms with E-state index in [0.29, 0.717) is 25.6 Å². The summed E-state index contributed by atoms with van der Waals surface area (Å²) in [6.45, 7) is 4.47. The molecule has 1 aliphatic heterocycles. The van der Waals surface area contributed by atoms with Gasteiger partial charge in [-0.3, -0.25) is 4.55 Å². The molecule has 1 fully saturated rings. The molecule has 4 aromatic heterocycles. The first-order valence-corrected chi connectivity index (χ1v) is 11.8. The summed E-state index contributed by atoms with van der Waals surface area (Å²) in [5.41, 5.74) is 3.38. The van der Waals surface area contributed by atoms with Gasteiger partial charge in [0.05, 0.1) is 29.5 Å². The van der Waals surface area contributed by atoms with Crippen LogP contribution in [-0.4, -0.2) is 65.9 Å². The highest BCUT2D eigenvalue weighted by atomic mass is 32.2.